The lowest BCUT2D eigenvalue weighted by Gasteiger charge is -2.21. The minimum Gasteiger partial charge on any atom is -0.478 e. The molecule has 0 saturated heterocycles. The molecule has 0 aliphatic carbocycles. The molecule has 0 fully saturated rings. The van der Waals surface area contributed by atoms with Crippen LogP contribution in [-0.4, -0.2) is 34.8 Å². The van der Waals surface area contributed by atoms with Crippen LogP contribution in [0.1, 0.15) is 26.5 Å². The predicted molar refractivity (Wildman–Crippen MR) is 67.3 cm³/mol. The van der Waals surface area contributed by atoms with Crippen LogP contribution in [-0.2, 0) is 0 Å². The molecule has 0 amide bonds. The molecule has 5 nitrogen and oxygen atoms in total. The van der Waals surface area contributed by atoms with Crippen LogP contribution < -0.4 is 10.1 Å². The van der Waals surface area contributed by atoms with Gasteiger partial charge >= 0.3 is 0 Å². The topological polar surface area (TPSA) is 67.3 Å². The molecule has 1 heterocycles. The van der Waals surface area contributed by atoms with E-state index in [0.717, 1.165) is 5.69 Å². The summed E-state index contributed by atoms with van der Waals surface area (Å²) in [6, 6.07) is 1.80. The van der Waals surface area contributed by atoms with E-state index in [-0.39, 0.29) is 12.0 Å². The number of nitrogens with zero attached hydrogens (tertiary/aromatic N) is 2. The number of rotatable bonds is 6. The second-order valence-electron chi connectivity index (χ2n) is 4.78. The van der Waals surface area contributed by atoms with Gasteiger partial charge in [-0.15, -0.1) is 0 Å². The number of nitrogens with one attached hydrogen (secondary N) is 1. The van der Waals surface area contributed by atoms with Crippen molar-refractivity contribution in [1.82, 2.24) is 9.97 Å². The number of anilines is 1. The fraction of sp³-hybridized carbons (Fsp3) is 0.667. The van der Waals surface area contributed by atoms with Gasteiger partial charge in [-0.2, -0.15) is 4.98 Å². The van der Waals surface area contributed by atoms with Crippen LogP contribution in [0.25, 0.3) is 0 Å². The first-order chi connectivity index (χ1) is 7.96. The Hall–Kier alpha value is -1.36. The summed E-state index contributed by atoms with van der Waals surface area (Å²) in [5.74, 6) is 1.11. The highest BCUT2D eigenvalue weighted by atomic mass is 16.5. The van der Waals surface area contributed by atoms with E-state index in [0.29, 0.717) is 25.0 Å². The smallest absolute Gasteiger partial charge is 0.226 e. The summed E-state index contributed by atoms with van der Waals surface area (Å²) >= 11 is 0. The van der Waals surface area contributed by atoms with Gasteiger partial charge in [-0.25, -0.2) is 4.98 Å². The molecule has 1 aromatic heterocycles. The average Bonchev–Trinajstić information content (AvgIpc) is 2.26. The minimum atomic E-state index is -0.196. The quantitative estimate of drug-likeness (QED) is 0.789. The van der Waals surface area contributed by atoms with E-state index in [1.807, 2.05) is 27.7 Å². The summed E-state index contributed by atoms with van der Waals surface area (Å²) < 4.78 is 5.35. The maximum absolute atomic E-state index is 9.16. The van der Waals surface area contributed by atoms with Gasteiger partial charge in [0, 0.05) is 30.3 Å². The second kappa shape index (κ2) is 5.82. The molecule has 0 unspecified atom stereocenters. The highest BCUT2D eigenvalue weighted by Gasteiger charge is 2.16. The van der Waals surface area contributed by atoms with E-state index >= 15 is 0 Å². The largest absolute Gasteiger partial charge is 0.478 e. The third-order valence-corrected chi connectivity index (χ3v) is 2.28. The van der Waals surface area contributed by atoms with Gasteiger partial charge in [0.05, 0.1) is 6.61 Å². The summed E-state index contributed by atoms with van der Waals surface area (Å²) in [5.41, 5.74) is 0.659. The molecule has 0 spiro atoms. The molecule has 1 rings (SSSR count). The number of aryl methyl sites for hydroxylation is 1. The first-order valence-electron chi connectivity index (χ1n) is 5.80. The maximum atomic E-state index is 9.16. The van der Waals surface area contributed by atoms with E-state index in [2.05, 4.69) is 15.3 Å². The molecule has 0 aromatic carbocycles. The van der Waals surface area contributed by atoms with Gasteiger partial charge in [0.1, 0.15) is 0 Å². The lowest BCUT2D eigenvalue weighted by atomic mass is 9.95. The standard InChI is InChI=1S/C12H21N3O2/c1-5-17-10-6-9(2)14-11(15-10)13-7-12(3,4)8-16/h6,16H,5,7-8H2,1-4H3,(H,13,14,15). The number of aliphatic hydroxyl groups is 1. The fourth-order valence-corrected chi connectivity index (χ4v) is 1.21. The predicted octanol–water partition coefficient (Wildman–Crippen LogP) is 1.61. The van der Waals surface area contributed by atoms with Crippen LogP contribution in [0.4, 0.5) is 5.95 Å². The zero-order chi connectivity index (χ0) is 12.9. The Morgan fingerprint density at radius 2 is 2.12 bits per heavy atom. The highest BCUT2D eigenvalue weighted by Crippen LogP contribution is 2.16. The van der Waals surface area contributed by atoms with Gasteiger partial charge in [0.15, 0.2) is 0 Å². The summed E-state index contributed by atoms with van der Waals surface area (Å²) in [4.78, 5) is 8.50. The summed E-state index contributed by atoms with van der Waals surface area (Å²) in [6.45, 7) is 9.06. The molecular weight excluding hydrogens is 218 g/mol. The lowest BCUT2D eigenvalue weighted by Crippen LogP contribution is -2.27. The normalized spacial score (nSPS) is 11.4. The first-order valence-corrected chi connectivity index (χ1v) is 5.80. The van der Waals surface area contributed by atoms with Gasteiger partial charge < -0.3 is 15.2 Å². The molecule has 96 valence electrons. The molecular formula is C12H21N3O2. The van der Waals surface area contributed by atoms with Gasteiger partial charge in [-0.05, 0) is 13.8 Å². The van der Waals surface area contributed by atoms with Crippen LogP contribution in [0, 0.1) is 12.3 Å². The molecule has 0 aliphatic rings. The lowest BCUT2D eigenvalue weighted by molar-refractivity contribution is 0.170. The van der Waals surface area contributed by atoms with Crippen LogP contribution in [0.3, 0.4) is 0 Å². The zero-order valence-corrected chi connectivity index (χ0v) is 10.9. The monoisotopic (exact) mass is 239 g/mol. The molecule has 5 heteroatoms. The van der Waals surface area contributed by atoms with Crippen molar-refractivity contribution < 1.29 is 9.84 Å². The van der Waals surface area contributed by atoms with Crippen molar-refractivity contribution in [2.45, 2.75) is 27.7 Å². The molecule has 1 aromatic rings. The van der Waals surface area contributed by atoms with E-state index in [4.69, 9.17) is 9.84 Å². The number of hydrogen-bond acceptors (Lipinski definition) is 5. The summed E-state index contributed by atoms with van der Waals surface area (Å²) in [5, 5.41) is 12.3. The Labute approximate surface area is 102 Å². The summed E-state index contributed by atoms with van der Waals surface area (Å²) in [6.07, 6.45) is 0. The number of ether oxygens (including phenoxy) is 1. The molecule has 0 saturated carbocycles. The Bertz CT molecular complexity index is 367. The number of hydrogen-bond donors (Lipinski definition) is 2. The van der Waals surface area contributed by atoms with Crippen molar-refractivity contribution in [2.75, 3.05) is 25.1 Å². The third kappa shape index (κ3) is 4.56. The van der Waals surface area contributed by atoms with Crippen molar-refractivity contribution in [3.8, 4) is 5.88 Å². The average molecular weight is 239 g/mol. The van der Waals surface area contributed by atoms with Crippen LogP contribution in [0.5, 0.6) is 5.88 Å². The van der Waals surface area contributed by atoms with E-state index in [1.54, 1.807) is 6.07 Å². The maximum Gasteiger partial charge on any atom is 0.226 e. The van der Waals surface area contributed by atoms with E-state index in [1.165, 1.54) is 0 Å². The Morgan fingerprint density at radius 1 is 1.41 bits per heavy atom. The number of aromatic nitrogens is 2. The van der Waals surface area contributed by atoms with Crippen molar-refractivity contribution in [3.05, 3.63) is 11.8 Å². The Balaban J connectivity index is 2.70. The summed E-state index contributed by atoms with van der Waals surface area (Å²) in [7, 11) is 0. The third-order valence-electron chi connectivity index (χ3n) is 2.28. The molecule has 0 radical (unpaired) electrons. The van der Waals surface area contributed by atoms with Crippen LogP contribution >= 0.6 is 0 Å². The van der Waals surface area contributed by atoms with Gasteiger partial charge in [0.2, 0.25) is 11.8 Å². The first kappa shape index (κ1) is 13.7. The Kier molecular flexibility index (Phi) is 4.69. The van der Waals surface area contributed by atoms with Crippen molar-refractivity contribution in [1.29, 1.82) is 0 Å². The second-order valence-corrected chi connectivity index (χ2v) is 4.78. The molecule has 0 bridgehead atoms. The molecule has 0 atom stereocenters. The van der Waals surface area contributed by atoms with Gasteiger partial charge in [0.25, 0.3) is 0 Å². The van der Waals surface area contributed by atoms with Crippen molar-refractivity contribution in [3.63, 3.8) is 0 Å². The Morgan fingerprint density at radius 3 is 2.71 bits per heavy atom. The van der Waals surface area contributed by atoms with E-state index < -0.39 is 0 Å². The molecule has 2 N–H and O–H groups in total. The minimum absolute atomic E-state index is 0.115. The van der Waals surface area contributed by atoms with Crippen molar-refractivity contribution in [2.24, 2.45) is 5.41 Å². The van der Waals surface area contributed by atoms with Crippen LogP contribution in [0.15, 0.2) is 6.07 Å². The van der Waals surface area contributed by atoms with E-state index in [9.17, 15) is 0 Å². The highest BCUT2D eigenvalue weighted by molar-refractivity contribution is 5.30. The van der Waals surface area contributed by atoms with Crippen molar-refractivity contribution >= 4 is 5.95 Å². The fourth-order valence-electron chi connectivity index (χ4n) is 1.21. The molecule has 17 heavy (non-hydrogen) atoms. The number of aliphatic hydroxyl groups excluding tert-OH is 1. The van der Waals surface area contributed by atoms with Gasteiger partial charge in [-0.3, -0.25) is 0 Å². The van der Waals surface area contributed by atoms with Gasteiger partial charge in [-0.1, -0.05) is 13.8 Å². The molecule has 0 aliphatic heterocycles. The SMILES string of the molecule is CCOc1cc(C)nc(NCC(C)(C)CO)n1. The zero-order valence-electron chi connectivity index (χ0n) is 10.9. The van der Waals surface area contributed by atoms with Crippen LogP contribution in [0.2, 0.25) is 0 Å².